The molecule has 0 spiro atoms. The molecule has 0 bridgehead atoms. The minimum atomic E-state index is -0.160. The van der Waals surface area contributed by atoms with E-state index in [1.165, 1.54) is 4.57 Å². The van der Waals surface area contributed by atoms with Gasteiger partial charge >= 0.3 is 0 Å². The summed E-state index contributed by atoms with van der Waals surface area (Å²) in [5, 5.41) is 4.34. The number of amides is 1. The largest absolute Gasteiger partial charge is 0.322 e. The second-order valence-corrected chi connectivity index (χ2v) is 5.75. The molecule has 0 aliphatic heterocycles. The SMILES string of the molecule is Cc1cccc(C)c1C(=O)Nc1ccc2ccn(C)c(=O)c2c1. The van der Waals surface area contributed by atoms with E-state index < -0.39 is 0 Å². The Labute approximate surface area is 134 Å². The van der Waals surface area contributed by atoms with Gasteiger partial charge in [0.1, 0.15) is 0 Å². The van der Waals surface area contributed by atoms with Gasteiger partial charge in [0.15, 0.2) is 0 Å². The predicted molar refractivity (Wildman–Crippen MR) is 93.1 cm³/mol. The van der Waals surface area contributed by atoms with Gasteiger partial charge in [0, 0.05) is 29.9 Å². The maximum atomic E-state index is 12.5. The Kier molecular flexibility index (Phi) is 3.74. The number of benzene rings is 2. The van der Waals surface area contributed by atoms with Crippen LogP contribution in [-0.2, 0) is 7.05 Å². The molecule has 0 unspecified atom stereocenters. The first-order valence-electron chi connectivity index (χ1n) is 7.44. The van der Waals surface area contributed by atoms with Gasteiger partial charge in [-0.25, -0.2) is 0 Å². The number of aromatic nitrogens is 1. The zero-order valence-electron chi connectivity index (χ0n) is 13.4. The van der Waals surface area contributed by atoms with E-state index in [2.05, 4.69) is 5.32 Å². The van der Waals surface area contributed by atoms with Crippen molar-refractivity contribution in [1.82, 2.24) is 4.57 Å². The lowest BCUT2D eigenvalue weighted by Crippen LogP contribution is -2.17. The third kappa shape index (κ3) is 2.75. The van der Waals surface area contributed by atoms with E-state index in [0.717, 1.165) is 16.5 Å². The fourth-order valence-corrected chi connectivity index (χ4v) is 2.78. The Morgan fingerprint density at radius 3 is 2.43 bits per heavy atom. The van der Waals surface area contributed by atoms with Crippen molar-refractivity contribution in [2.24, 2.45) is 7.05 Å². The topological polar surface area (TPSA) is 51.1 Å². The lowest BCUT2D eigenvalue weighted by atomic mass is 10.0. The number of nitrogens with one attached hydrogen (secondary N) is 1. The number of rotatable bonds is 2. The van der Waals surface area contributed by atoms with Crippen molar-refractivity contribution in [2.75, 3.05) is 5.32 Å². The number of carbonyl (C=O) groups is 1. The third-order valence-corrected chi connectivity index (χ3v) is 4.05. The quantitative estimate of drug-likeness (QED) is 0.789. The Morgan fingerprint density at radius 1 is 1.04 bits per heavy atom. The molecule has 1 aromatic heterocycles. The van der Waals surface area contributed by atoms with Crippen molar-refractivity contribution in [2.45, 2.75) is 13.8 Å². The molecule has 0 aliphatic rings. The van der Waals surface area contributed by atoms with Crippen LogP contribution in [0.2, 0.25) is 0 Å². The Hall–Kier alpha value is -2.88. The Bertz CT molecular complexity index is 951. The lowest BCUT2D eigenvalue weighted by molar-refractivity contribution is 0.102. The van der Waals surface area contributed by atoms with Gasteiger partial charge in [-0.05, 0) is 48.6 Å². The van der Waals surface area contributed by atoms with E-state index in [1.54, 1.807) is 19.3 Å². The van der Waals surface area contributed by atoms with Crippen LogP contribution in [0.3, 0.4) is 0 Å². The third-order valence-electron chi connectivity index (χ3n) is 4.05. The van der Waals surface area contributed by atoms with Gasteiger partial charge < -0.3 is 9.88 Å². The van der Waals surface area contributed by atoms with Crippen LogP contribution in [0, 0.1) is 13.8 Å². The second kappa shape index (κ2) is 5.72. The zero-order valence-corrected chi connectivity index (χ0v) is 13.4. The van der Waals surface area contributed by atoms with Gasteiger partial charge in [-0.3, -0.25) is 9.59 Å². The molecule has 1 N–H and O–H groups in total. The maximum absolute atomic E-state index is 12.5. The predicted octanol–water partition coefficient (Wildman–Crippen LogP) is 3.41. The molecule has 0 saturated carbocycles. The monoisotopic (exact) mass is 306 g/mol. The number of carbonyl (C=O) groups excluding carboxylic acids is 1. The summed E-state index contributed by atoms with van der Waals surface area (Å²) >= 11 is 0. The van der Waals surface area contributed by atoms with Crippen molar-refractivity contribution in [3.63, 3.8) is 0 Å². The highest BCUT2D eigenvalue weighted by molar-refractivity contribution is 6.07. The summed E-state index contributed by atoms with van der Waals surface area (Å²) in [4.78, 5) is 24.7. The molecule has 0 atom stereocenters. The molecule has 3 rings (SSSR count). The van der Waals surface area contributed by atoms with Crippen LogP contribution in [0.15, 0.2) is 53.5 Å². The Morgan fingerprint density at radius 2 is 1.74 bits per heavy atom. The van der Waals surface area contributed by atoms with Crippen LogP contribution in [0.1, 0.15) is 21.5 Å². The van der Waals surface area contributed by atoms with Crippen molar-refractivity contribution < 1.29 is 4.79 Å². The fourth-order valence-electron chi connectivity index (χ4n) is 2.78. The van der Waals surface area contributed by atoms with Crippen LogP contribution in [0.4, 0.5) is 5.69 Å². The molecular weight excluding hydrogens is 288 g/mol. The number of hydrogen-bond donors (Lipinski definition) is 1. The van der Waals surface area contributed by atoms with Crippen LogP contribution in [0.5, 0.6) is 0 Å². The first-order valence-corrected chi connectivity index (χ1v) is 7.44. The highest BCUT2D eigenvalue weighted by Gasteiger charge is 2.12. The highest BCUT2D eigenvalue weighted by Crippen LogP contribution is 2.19. The molecule has 4 nitrogen and oxygen atoms in total. The van der Waals surface area contributed by atoms with Gasteiger partial charge in [0.2, 0.25) is 0 Å². The van der Waals surface area contributed by atoms with E-state index in [9.17, 15) is 9.59 Å². The summed E-state index contributed by atoms with van der Waals surface area (Å²) in [7, 11) is 1.71. The molecule has 0 saturated heterocycles. The van der Waals surface area contributed by atoms with Gasteiger partial charge in [0.05, 0.1) is 0 Å². The van der Waals surface area contributed by atoms with E-state index in [-0.39, 0.29) is 11.5 Å². The van der Waals surface area contributed by atoms with Gasteiger partial charge in [0.25, 0.3) is 11.5 Å². The maximum Gasteiger partial charge on any atom is 0.258 e. The smallest absolute Gasteiger partial charge is 0.258 e. The summed E-state index contributed by atoms with van der Waals surface area (Å²) in [6, 6.07) is 13.0. The second-order valence-electron chi connectivity index (χ2n) is 5.75. The van der Waals surface area contributed by atoms with Crippen LogP contribution < -0.4 is 10.9 Å². The normalized spacial score (nSPS) is 10.7. The number of fused-ring (bicyclic) bond motifs is 1. The Balaban J connectivity index is 2.00. The molecule has 0 fully saturated rings. The molecule has 1 heterocycles. The molecule has 0 radical (unpaired) electrons. The summed E-state index contributed by atoms with van der Waals surface area (Å²) in [6.07, 6.45) is 1.74. The molecule has 3 aromatic rings. The summed E-state index contributed by atoms with van der Waals surface area (Å²) in [5.41, 5.74) is 3.08. The van der Waals surface area contributed by atoms with E-state index in [0.29, 0.717) is 16.6 Å². The molecule has 0 aliphatic carbocycles. The van der Waals surface area contributed by atoms with Gasteiger partial charge in [-0.1, -0.05) is 24.3 Å². The van der Waals surface area contributed by atoms with Crippen molar-refractivity contribution in [3.8, 4) is 0 Å². The molecule has 2 aromatic carbocycles. The van der Waals surface area contributed by atoms with E-state index in [1.807, 2.05) is 50.2 Å². The summed E-state index contributed by atoms with van der Waals surface area (Å²) in [5.74, 6) is -0.160. The number of hydrogen-bond acceptors (Lipinski definition) is 2. The number of anilines is 1. The lowest BCUT2D eigenvalue weighted by Gasteiger charge is -2.11. The fraction of sp³-hybridized carbons (Fsp3) is 0.158. The number of aryl methyl sites for hydroxylation is 3. The zero-order chi connectivity index (χ0) is 16.6. The first kappa shape index (κ1) is 15.0. The van der Waals surface area contributed by atoms with Crippen LogP contribution in [-0.4, -0.2) is 10.5 Å². The van der Waals surface area contributed by atoms with Crippen molar-refractivity contribution in [3.05, 3.63) is 75.7 Å². The molecule has 23 heavy (non-hydrogen) atoms. The van der Waals surface area contributed by atoms with E-state index in [4.69, 9.17) is 0 Å². The van der Waals surface area contributed by atoms with Gasteiger partial charge in [-0.15, -0.1) is 0 Å². The minimum absolute atomic E-state index is 0.0781. The van der Waals surface area contributed by atoms with Crippen molar-refractivity contribution in [1.29, 1.82) is 0 Å². The van der Waals surface area contributed by atoms with E-state index >= 15 is 0 Å². The average Bonchev–Trinajstić information content (AvgIpc) is 2.51. The summed E-state index contributed by atoms with van der Waals surface area (Å²) in [6.45, 7) is 3.83. The summed E-state index contributed by atoms with van der Waals surface area (Å²) < 4.78 is 1.53. The standard InChI is InChI=1S/C19H18N2O2/c1-12-5-4-6-13(2)17(12)18(22)20-15-8-7-14-9-10-21(3)19(23)16(14)11-15/h4-11H,1-3H3,(H,20,22). The van der Waals surface area contributed by atoms with Crippen LogP contribution >= 0.6 is 0 Å². The molecule has 1 amide bonds. The average molecular weight is 306 g/mol. The highest BCUT2D eigenvalue weighted by atomic mass is 16.1. The molecule has 4 heteroatoms. The van der Waals surface area contributed by atoms with Crippen LogP contribution in [0.25, 0.3) is 10.8 Å². The van der Waals surface area contributed by atoms with Crippen molar-refractivity contribution >= 4 is 22.4 Å². The minimum Gasteiger partial charge on any atom is -0.322 e. The first-order chi connectivity index (χ1) is 11.0. The number of nitrogens with zero attached hydrogens (tertiary/aromatic N) is 1. The van der Waals surface area contributed by atoms with Gasteiger partial charge in [-0.2, -0.15) is 0 Å². The molecule has 116 valence electrons. The number of pyridine rings is 1. The molecular formula is C19H18N2O2.